The number of aromatic nitrogens is 1. The molecule has 0 fully saturated rings. The third-order valence-corrected chi connectivity index (χ3v) is 3.54. The molecule has 2 N–H and O–H groups in total. The Kier molecular flexibility index (Phi) is 5.43. The lowest BCUT2D eigenvalue weighted by Gasteiger charge is -2.09. The number of nitrogens with zero attached hydrogens (tertiary/aromatic N) is 1. The molecule has 26 heavy (non-hydrogen) atoms. The van der Waals surface area contributed by atoms with Crippen LogP contribution in [0.5, 0.6) is 5.75 Å². The SMILES string of the molecule is CCOc1ccc(Nc2cc(C(=O)Nc3cccc(F)c3)ccn2)cc1. The number of halogens is 1. The highest BCUT2D eigenvalue weighted by molar-refractivity contribution is 6.04. The molecule has 5 nitrogen and oxygen atoms in total. The van der Waals surface area contributed by atoms with Gasteiger partial charge in [0.05, 0.1) is 6.61 Å². The molecule has 0 atom stereocenters. The third-order valence-electron chi connectivity index (χ3n) is 3.54. The van der Waals surface area contributed by atoms with E-state index in [9.17, 15) is 9.18 Å². The van der Waals surface area contributed by atoms with Crippen molar-refractivity contribution in [3.8, 4) is 5.75 Å². The minimum absolute atomic E-state index is 0.340. The van der Waals surface area contributed by atoms with Gasteiger partial charge in [0.15, 0.2) is 0 Å². The number of anilines is 3. The summed E-state index contributed by atoms with van der Waals surface area (Å²) in [5, 5.41) is 5.80. The van der Waals surface area contributed by atoms with Gasteiger partial charge in [0.2, 0.25) is 0 Å². The first kappa shape index (κ1) is 17.4. The molecular formula is C20H18FN3O2. The lowest BCUT2D eigenvalue weighted by atomic mass is 10.2. The Hall–Kier alpha value is -3.41. The van der Waals surface area contributed by atoms with Gasteiger partial charge < -0.3 is 15.4 Å². The smallest absolute Gasteiger partial charge is 0.255 e. The summed E-state index contributed by atoms with van der Waals surface area (Å²) >= 11 is 0. The molecule has 2 aromatic carbocycles. The van der Waals surface area contributed by atoms with E-state index in [2.05, 4.69) is 15.6 Å². The molecule has 1 amide bonds. The van der Waals surface area contributed by atoms with Crippen molar-refractivity contribution in [3.63, 3.8) is 0 Å². The molecule has 0 aliphatic heterocycles. The molecule has 0 saturated carbocycles. The highest BCUT2D eigenvalue weighted by atomic mass is 19.1. The van der Waals surface area contributed by atoms with Gasteiger partial charge in [0.1, 0.15) is 17.4 Å². The van der Waals surface area contributed by atoms with E-state index in [1.165, 1.54) is 24.4 Å². The third kappa shape index (κ3) is 4.57. The second-order valence-electron chi connectivity index (χ2n) is 5.48. The first-order chi connectivity index (χ1) is 12.6. The van der Waals surface area contributed by atoms with E-state index in [4.69, 9.17) is 4.74 Å². The molecule has 0 unspecified atom stereocenters. The molecule has 3 rings (SSSR count). The summed E-state index contributed by atoms with van der Waals surface area (Å²) in [4.78, 5) is 16.6. The zero-order valence-electron chi connectivity index (χ0n) is 14.2. The average Bonchev–Trinajstić information content (AvgIpc) is 2.64. The van der Waals surface area contributed by atoms with Crippen LogP contribution in [0.15, 0.2) is 66.9 Å². The lowest BCUT2D eigenvalue weighted by molar-refractivity contribution is 0.102. The Morgan fingerprint density at radius 2 is 1.88 bits per heavy atom. The number of hydrogen-bond acceptors (Lipinski definition) is 4. The van der Waals surface area contributed by atoms with Crippen molar-refractivity contribution in [1.29, 1.82) is 0 Å². The number of amides is 1. The number of nitrogens with one attached hydrogen (secondary N) is 2. The van der Waals surface area contributed by atoms with Crippen molar-refractivity contribution >= 4 is 23.1 Å². The first-order valence-corrected chi connectivity index (χ1v) is 8.17. The van der Waals surface area contributed by atoms with Crippen LogP contribution in [0, 0.1) is 5.82 Å². The van der Waals surface area contributed by atoms with E-state index in [0.29, 0.717) is 23.7 Å². The Labute approximate surface area is 150 Å². The van der Waals surface area contributed by atoms with Crippen LogP contribution in [-0.4, -0.2) is 17.5 Å². The Balaban J connectivity index is 1.70. The molecule has 0 saturated heterocycles. The topological polar surface area (TPSA) is 63.2 Å². The van der Waals surface area contributed by atoms with Gasteiger partial charge in [-0.3, -0.25) is 4.79 Å². The van der Waals surface area contributed by atoms with Gasteiger partial charge in [-0.15, -0.1) is 0 Å². The highest BCUT2D eigenvalue weighted by Crippen LogP contribution is 2.20. The molecule has 0 bridgehead atoms. The van der Waals surface area contributed by atoms with Crippen LogP contribution in [0.2, 0.25) is 0 Å². The van der Waals surface area contributed by atoms with Crippen LogP contribution >= 0.6 is 0 Å². The van der Waals surface area contributed by atoms with Crippen molar-refractivity contribution in [1.82, 2.24) is 4.98 Å². The van der Waals surface area contributed by atoms with E-state index in [1.807, 2.05) is 31.2 Å². The fourth-order valence-corrected chi connectivity index (χ4v) is 2.36. The van der Waals surface area contributed by atoms with Gasteiger partial charge in [-0.1, -0.05) is 6.07 Å². The quantitative estimate of drug-likeness (QED) is 0.680. The lowest BCUT2D eigenvalue weighted by Crippen LogP contribution is -2.12. The highest BCUT2D eigenvalue weighted by Gasteiger charge is 2.08. The maximum atomic E-state index is 13.2. The zero-order chi connectivity index (χ0) is 18.4. The van der Waals surface area contributed by atoms with E-state index in [0.717, 1.165) is 11.4 Å². The van der Waals surface area contributed by atoms with Crippen LogP contribution in [0.3, 0.4) is 0 Å². The molecule has 1 aromatic heterocycles. The van der Waals surface area contributed by atoms with Crippen LogP contribution in [0.1, 0.15) is 17.3 Å². The number of hydrogen-bond donors (Lipinski definition) is 2. The standard InChI is InChI=1S/C20H18FN3O2/c1-2-26-18-8-6-16(7-9-18)23-19-12-14(10-11-22-19)20(25)24-17-5-3-4-15(21)13-17/h3-13H,2H2,1H3,(H,22,23)(H,24,25). The Morgan fingerprint density at radius 1 is 1.08 bits per heavy atom. The minimum atomic E-state index is -0.407. The first-order valence-electron chi connectivity index (χ1n) is 8.17. The summed E-state index contributed by atoms with van der Waals surface area (Å²) in [6.07, 6.45) is 1.54. The molecule has 0 aliphatic rings. The summed E-state index contributed by atoms with van der Waals surface area (Å²) in [6, 6.07) is 16.4. The average molecular weight is 351 g/mol. The summed E-state index contributed by atoms with van der Waals surface area (Å²) in [5.41, 5.74) is 1.63. The zero-order valence-corrected chi connectivity index (χ0v) is 14.2. The molecule has 1 heterocycles. The second-order valence-corrected chi connectivity index (χ2v) is 5.48. The van der Waals surface area contributed by atoms with Gasteiger partial charge >= 0.3 is 0 Å². The molecule has 0 radical (unpaired) electrons. The van der Waals surface area contributed by atoms with Crippen LogP contribution in [0.25, 0.3) is 0 Å². The van der Waals surface area contributed by atoms with E-state index in [-0.39, 0.29) is 5.91 Å². The summed E-state index contributed by atoms with van der Waals surface area (Å²) in [6.45, 7) is 2.53. The normalized spacial score (nSPS) is 10.2. The molecule has 0 aliphatic carbocycles. The van der Waals surface area contributed by atoms with E-state index >= 15 is 0 Å². The maximum Gasteiger partial charge on any atom is 0.255 e. The fraction of sp³-hybridized carbons (Fsp3) is 0.100. The number of benzene rings is 2. The van der Waals surface area contributed by atoms with Gasteiger partial charge in [-0.2, -0.15) is 0 Å². The predicted octanol–water partition coefficient (Wildman–Crippen LogP) is 4.62. The predicted molar refractivity (Wildman–Crippen MR) is 99.5 cm³/mol. The molecule has 3 aromatic rings. The number of pyridine rings is 1. The van der Waals surface area contributed by atoms with Crippen molar-refractivity contribution in [2.24, 2.45) is 0 Å². The van der Waals surface area contributed by atoms with Crippen LogP contribution in [-0.2, 0) is 0 Å². The van der Waals surface area contributed by atoms with Gasteiger partial charge in [-0.05, 0) is 61.5 Å². The van der Waals surface area contributed by atoms with Gasteiger partial charge in [0.25, 0.3) is 5.91 Å². The molecular weight excluding hydrogens is 333 g/mol. The summed E-state index contributed by atoms with van der Waals surface area (Å²) in [5.74, 6) is 0.568. The van der Waals surface area contributed by atoms with Crippen molar-refractivity contribution in [2.45, 2.75) is 6.92 Å². The van der Waals surface area contributed by atoms with Gasteiger partial charge in [-0.25, -0.2) is 9.37 Å². The van der Waals surface area contributed by atoms with E-state index in [1.54, 1.807) is 18.2 Å². The van der Waals surface area contributed by atoms with Crippen LogP contribution in [0.4, 0.5) is 21.6 Å². The van der Waals surface area contributed by atoms with Crippen molar-refractivity contribution < 1.29 is 13.9 Å². The Morgan fingerprint density at radius 3 is 2.62 bits per heavy atom. The van der Waals surface area contributed by atoms with Crippen LogP contribution < -0.4 is 15.4 Å². The molecule has 0 spiro atoms. The maximum absolute atomic E-state index is 13.2. The Bertz CT molecular complexity index is 898. The number of rotatable bonds is 6. The number of carbonyl (C=O) groups excluding carboxylic acids is 1. The second kappa shape index (κ2) is 8.11. The minimum Gasteiger partial charge on any atom is -0.494 e. The largest absolute Gasteiger partial charge is 0.494 e. The fourth-order valence-electron chi connectivity index (χ4n) is 2.36. The molecule has 6 heteroatoms. The monoisotopic (exact) mass is 351 g/mol. The number of carbonyl (C=O) groups is 1. The van der Waals surface area contributed by atoms with Crippen molar-refractivity contribution in [2.75, 3.05) is 17.2 Å². The van der Waals surface area contributed by atoms with Crippen molar-refractivity contribution in [3.05, 3.63) is 78.2 Å². The van der Waals surface area contributed by atoms with Gasteiger partial charge in [0, 0.05) is 23.1 Å². The summed E-state index contributed by atoms with van der Waals surface area (Å²) < 4.78 is 18.6. The number of ether oxygens (including phenoxy) is 1. The van der Waals surface area contributed by atoms with E-state index < -0.39 is 5.82 Å². The summed E-state index contributed by atoms with van der Waals surface area (Å²) in [7, 11) is 0. The molecule has 132 valence electrons.